The summed E-state index contributed by atoms with van der Waals surface area (Å²) in [5.74, 6) is 0.278. The Bertz CT molecular complexity index is 734. The van der Waals surface area contributed by atoms with Crippen LogP contribution in [-0.2, 0) is 0 Å². The molecule has 0 bridgehead atoms. The maximum Gasteiger partial charge on any atom is 0.211 e. The molecule has 0 saturated heterocycles. The second kappa shape index (κ2) is 5.16. The molecule has 1 aromatic carbocycles. The topological polar surface area (TPSA) is 94.0 Å². The molecule has 0 atom stereocenters. The van der Waals surface area contributed by atoms with Gasteiger partial charge in [0.1, 0.15) is 17.3 Å². The predicted molar refractivity (Wildman–Crippen MR) is 76.9 cm³/mol. The van der Waals surface area contributed by atoms with Crippen LogP contribution in [-0.4, -0.2) is 22.7 Å². The number of nitrogens with zero attached hydrogens (tertiary/aromatic N) is 2. The van der Waals surface area contributed by atoms with Crippen molar-refractivity contribution in [2.75, 3.05) is 7.11 Å². The van der Waals surface area contributed by atoms with Crippen LogP contribution in [0.2, 0.25) is 0 Å². The third-order valence-corrected chi connectivity index (χ3v) is 2.93. The second-order valence-corrected chi connectivity index (χ2v) is 4.50. The van der Waals surface area contributed by atoms with Gasteiger partial charge in [-0.3, -0.25) is 10.2 Å². The molecule has 0 aliphatic rings. The highest BCUT2D eigenvalue weighted by atomic mass is 16.5. The van der Waals surface area contributed by atoms with Crippen molar-refractivity contribution in [1.29, 1.82) is 5.41 Å². The minimum Gasteiger partial charge on any atom is -0.494 e. The van der Waals surface area contributed by atoms with E-state index >= 15 is 0 Å². The highest BCUT2D eigenvalue weighted by Gasteiger charge is 2.13. The number of nitrogens with one attached hydrogen (secondary N) is 1. The Morgan fingerprint density at radius 3 is 2.65 bits per heavy atom. The maximum absolute atomic E-state index is 11.8. The molecule has 1 heterocycles. The van der Waals surface area contributed by atoms with Crippen LogP contribution in [0.15, 0.2) is 29.1 Å². The fourth-order valence-electron chi connectivity index (χ4n) is 1.94. The van der Waals surface area contributed by atoms with Crippen molar-refractivity contribution >= 4 is 5.84 Å². The molecule has 2 rings (SSSR count). The number of amidine groups is 1. The fourth-order valence-corrected chi connectivity index (χ4v) is 1.94. The predicted octanol–water partition coefficient (Wildman–Crippen LogP) is 1.14. The first-order valence-corrected chi connectivity index (χ1v) is 6.04. The fraction of sp³-hybridized carbons (Fsp3) is 0.214. The van der Waals surface area contributed by atoms with E-state index in [1.807, 2.05) is 25.1 Å². The van der Waals surface area contributed by atoms with Gasteiger partial charge in [0.05, 0.1) is 7.11 Å². The number of ether oxygens (including phenoxy) is 1. The molecule has 3 N–H and O–H groups in total. The van der Waals surface area contributed by atoms with Crippen LogP contribution in [0.4, 0.5) is 0 Å². The summed E-state index contributed by atoms with van der Waals surface area (Å²) in [4.78, 5) is 11.8. The van der Waals surface area contributed by atoms with Gasteiger partial charge in [-0.1, -0.05) is 6.07 Å². The third-order valence-electron chi connectivity index (χ3n) is 2.93. The lowest BCUT2D eigenvalue weighted by molar-refractivity contribution is 0.411. The molecule has 20 heavy (non-hydrogen) atoms. The summed E-state index contributed by atoms with van der Waals surface area (Å²) in [5, 5.41) is 11.6. The minimum absolute atomic E-state index is 0.0702. The van der Waals surface area contributed by atoms with E-state index in [4.69, 9.17) is 15.9 Å². The zero-order valence-electron chi connectivity index (χ0n) is 11.6. The Morgan fingerprint density at radius 2 is 2.05 bits per heavy atom. The van der Waals surface area contributed by atoms with Crippen LogP contribution in [0.1, 0.15) is 17.0 Å². The number of hydrogen-bond donors (Lipinski definition) is 2. The molecule has 0 unspecified atom stereocenters. The Kier molecular flexibility index (Phi) is 3.56. The number of methoxy groups -OCH3 is 1. The zero-order valence-corrected chi connectivity index (χ0v) is 11.6. The molecule has 0 spiro atoms. The van der Waals surface area contributed by atoms with Crippen molar-refractivity contribution < 1.29 is 4.74 Å². The molecular weight excluding hydrogens is 256 g/mol. The summed E-state index contributed by atoms with van der Waals surface area (Å²) in [6, 6.07) is 7.06. The van der Waals surface area contributed by atoms with Gasteiger partial charge < -0.3 is 10.5 Å². The highest BCUT2D eigenvalue weighted by Crippen LogP contribution is 2.23. The van der Waals surface area contributed by atoms with Gasteiger partial charge in [-0.15, -0.1) is 0 Å². The number of hydrogen-bond acceptors (Lipinski definition) is 4. The Labute approximate surface area is 116 Å². The summed E-state index contributed by atoms with van der Waals surface area (Å²) in [6.07, 6.45) is 0. The van der Waals surface area contributed by atoms with Crippen LogP contribution in [0.25, 0.3) is 5.69 Å². The van der Waals surface area contributed by atoms with Crippen LogP contribution < -0.4 is 15.9 Å². The normalized spacial score (nSPS) is 10.3. The Balaban J connectivity index is 2.75. The average Bonchev–Trinajstić information content (AvgIpc) is 2.38. The number of benzene rings is 1. The minimum atomic E-state index is -0.363. The molecule has 0 amide bonds. The van der Waals surface area contributed by atoms with E-state index in [2.05, 4.69) is 5.10 Å². The van der Waals surface area contributed by atoms with Crippen molar-refractivity contribution in [2.45, 2.75) is 13.8 Å². The highest BCUT2D eigenvalue weighted by molar-refractivity contribution is 5.92. The van der Waals surface area contributed by atoms with Gasteiger partial charge in [0.25, 0.3) is 0 Å². The van der Waals surface area contributed by atoms with Crippen LogP contribution >= 0.6 is 0 Å². The Morgan fingerprint density at radius 1 is 1.35 bits per heavy atom. The van der Waals surface area contributed by atoms with Crippen molar-refractivity contribution in [2.24, 2.45) is 5.73 Å². The van der Waals surface area contributed by atoms with E-state index < -0.39 is 0 Å². The lowest BCUT2D eigenvalue weighted by atomic mass is 10.2. The smallest absolute Gasteiger partial charge is 0.211 e. The number of aromatic nitrogens is 2. The molecule has 0 radical (unpaired) electrons. The quantitative estimate of drug-likeness (QED) is 0.647. The molecule has 1 aromatic heterocycles. The SMILES string of the molecule is COc1ccc(C)cc1-n1nc(C(=N)N)c(=O)cc1C. The van der Waals surface area contributed by atoms with Gasteiger partial charge in [0, 0.05) is 11.8 Å². The third kappa shape index (κ3) is 2.40. The van der Waals surface area contributed by atoms with Crippen LogP contribution in [0, 0.1) is 19.3 Å². The first-order chi connectivity index (χ1) is 9.43. The molecule has 0 fully saturated rings. The van der Waals surface area contributed by atoms with Gasteiger partial charge in [0.2, 0.25) is 5.43 Å². The van der Waals surface area contributed by atoms with Gasteiger partial charge >= 0.3 is 0 Å². The van der Waals surface area contributed by atoms with E-state index in [-0.39, 0.29) is 17.0 Å². The van der Waals surface area contributed by atoms with Crippen molar-refractivity contribution in [1.82, 2.24) is 9.78 Å². The van der Waals surface area contributed by atoms with Gasteiger partial charge in [-0.05, 0) is 31.5 Å². The summed E-state index contributed by atoms with van der Waals surface area (Å²) < 4.78 is 6.88. The van der Waals surface area contributed by atoms with Gasteiger partial charge in [-0.25, -0.2) is 4.68 Å². The first kappa shape index (κ1) is 13.8. The van der Waals surface area contributed by atoms with Crippen LogP contribution in [0.3, 0.4) is 0 Å². The molecule has 0 saturated carbocycles. The molecule has 6 heteroatoms. The number of nitrogen functional groups attached to an aromatic ring is 1. The average molecular weight is 272 g/mol. The molecule has 0 aliphatic heterocycles. The lowest BCUT2D eigenvalue weighted by Gasteiger charge is -2.14. The summed E-state index contributed by atoms with van der Waals surface area (Å²) >= 11 is 0. The second-order valence-electron chi connectivity index (χ2n) is 4.50. The molecule has 0 aliphatic carbocycles. The van der Waals surface area contributed by atoms with E-state index in [0.717, 1.165) is 5.56 Å². The summed E-state index contributed by atoms with van der Waals surface area (Å²) in [7, 11) is 1.57. The largest absolute Gasteiger partial charge is 0.494 e. The molecule has 6 nitrogen and oxygen atoms in total. The molecular formula is C14H16N4O2. The zero-order chi connectivity index (χ0) is 14.9. The monoisotopic (exact) mass is 272 g/mol. The van der Waals surface area contributed by atoms with E-state index in [1.54, 1.807) is 18.7 Å². The van der Waals surface area contributed by atoms with Gasteiger partial charge in [0.15, 0.2) is 5.69 Å². The van der Waals surface area contributed by atoms with E-state index in [0.29, 0.717) is 17.1 Å². The number of nitrogens with two attached hydrogens (primary N) is 1. The first-order valence-electron chi connectivity index (χ1n) is 6.04. The molecule has 104 valence electrons. The van der Waals surface area contributed by atoms with E-state index in [9.17, 15) is 4.79 Å². The van der Waals surface area contributed by atoms with Crippen LogP contribution in [0.5, 0.6) is 5.75 Å². The summed E-state index contributed by atoms with van der Waals surface area (Å²) in [6.45, 7) is 3.72. The van der Waals surface area contributed by atoms with Crippen molar-refractivity contribution in [3.05, 3.63) is 51.4 Å². The molecule has 2 aromatic rings. The number of aryl methyl sites for hydroxylation is 2. The van der Waals surface area contributed by atoms with Crippen molar-refractivity contribution in [3.8, 4) is 11.4 Å². The van der Waals surface area contributed by atoms with Crippen molar-refractivity contribution in [3.63, 3.8) is 0 Å². The Hall–Kier alpha value is -2.63. The lowest BCUT2D eigenvalue weighted by Crippen LogP contribution is -2.27. The van der Waals surface area contributed by atoms with Gasteiger partial charge in [-0.2, -0.15) is 5.10 Å². The maximum atomic E-state index is 11.8. The standard InChI is InChI=1S/C14H16N4O2/c1-8-4-5-12(20-3)10(6-8)18-9(2)7-11(19)13(17-18)14(15)16/h4-7H,1-3H3,(H3,15,16). The van der Waals surface area contributed by atoms with E-state index in [1.165, 1.54) is 6.07 Å². The number of rotatable bonds is 3. The summed E-state index contributed by atoms with van der Waals surface area (Å²) in [5.41, 5.74) is 7.33.